The van der Waals surface area contributed by atoms with Gasteiger partial charge < -0.3 is 40.1 Å². The second-order valence-electron chi connectivity index (χ2n) is 8.39. The maximum atomic E-state index is 13.7. The van der Waals surface area contributed by atoms with Crippen molar-refractivity contribution in [2.75, 3.05) is 6.54 Å². The van der Waals surface area contributed by atoms with Crippen molar-refractivity contribution in [3.8, 4) is 11.5 Å². The lowest BCUT2D eigenvalue weighted by Gasteiger charge is -2.57. The SMILES string of the molecule is O=C(Oc1ccccc1)N1CC(C(=O)O)(C(=O)O)N(C(=O)O)C(C(=O)O)(C(=O)O)C1(C(=O)O)C(=O)Oc1ccccc1. The minimum Gasteiger partial charge on any atom is -0.479 e. The summed E-state index contributed by atoms with van der Waals surface area (Å²) < 4.78 is 9.85. The molecule has 18 heteroatoms. The van der Waals surface area contributed by atoms with Crippen LogP contribution in [0.3, 0.4) is 0 Å². The highest BCUT2D eigenvalue weighted by Gasteiger charge is 2.87. The summed E-state index contributed by atoms with van der Waals surface area (Å²) in [7, 11) is 0. The van der Waals surface area contributed by atoms with Gasteiger partial charge in [0, 0.05) is 0 Å². The van der Waals surface area contributed by atoms with Gasteiger partial charge >= 0.3 is 48.0 Å². The molecule has 1 atom stereocenters. The van der Waals surface area contributed by atoms with E-state index in [0.29, 0.717) is 0 Å². The topological polar surface area (TPSA) is 283 Å². The molecule has 0 radical (unpaired) electrons. The van der Waals surface area contributed by atoms with Crippen molar-refractivity contribution in [1.29, 1.82) is 0 Å². The normalized spacial score (nSPS) is 18.7. The van der Waals surface area contributed by atoms with E-state index in [0.717, 1.165) is 24.3 Å². The van der Waals surface area contributed by atoms with Gasteiger partial charge in [-0.2, -0.15) is 0 Å². The second-order valence-corrected chi connectivity index (χ2v) is 8.39. The maximum Gasteiger partial charge on any atom is 0.416 e. The van der Waals surface area contributed by atoms with E-state index in [1.54, 1.807) is 0 Å². The van der Waals surface area contributed by atoms with Gasteiger partial charge in [-0.05, 0) is 24.3 Å². The molecular formula is C24H18N2O16. The molecule has 1 aliphatic rings. The number of ether oxygens (including phenoxy) is 2. The van der Waals surface area contributed by atoms with Gasteiger partial charge in [0.05, 0.1) is 6.54 Å². The van der Waals surface area contributed by atoms with E-state index in [9.17, 15) is 69.0 Å². The molecule has 2 amide bonds. The number of rotatable bonds is 8. The molecule has 1 heterocycles. The molecule has 2 aromatic rings. The average Bonchev–Trinajstić information content (AvgIpc) is 2.91. The third kappa shape index (κ3) is 4.13. The van der Waals surface area contributed by atoms with Gasteiger partial charge in [-0.25, -0.2) is 38.4 Å². The largest absolute Gasteiger partial charge is 0.479 e. The Morgan fingerprint density at radius 1 is 0.571 bits per heavy atom. The number of amides is 2. The maximum absolute atomic E-state index is 13.7. The van der Waals surface area contributed by atoms with Crippen LogP contribution in [0, 0.1) is 0 Å². The number of carboxylic acid groups (broad SMARTS) is 6. The predicted octanol–water partition coefficient (Wildman–Crippen LogP) is -0.274. The first-order valence-electron chi connectivity index (χ1n) is 11.2. The minimum absolute atomic E-state index is 0.452. The van der Waals surface area contributed by atoms with E-state index in [4.69, 9.17) is 9.47 Å². The molecular weight excluding hydrogens is 572 g/mol. The third-order valence-corrected chi connectivity index (χ3v) is 6.28. The minimum atomic E-state index is -4.94. The third-order valence-electron chi connectivity index (χ3n) is 6.28. The number of nitrogens with zero attached hydrogens (tertiary/aromatic N) is 2. The summed E-state index contributed by atoms with van der Waals surface area (Å²) in [5.74, 6) is -18.0. The first kappa shape index (κ1) is 30.3. The molecule has 1 fully saturated rings. The Balaban J connectivity index is 2.57. The molecule has 0 aromatic heterocycles. The van der Waals surface area contributed by atoms with Gasteiger partial charge in [0.15, 0.2) is 0 Å². The van der Waals surface area contributed by atoms with Crippen molar-refractivity contribution in [3.63, 3.8) is 0 Å². The molecule has 2 aromatic carbocycles. The molecule has 220 valence electrons. The van der Waals surface area contributed by atoms with Crippen molar-refractivity contribution in [2.24, 2.45) is 0 Å². The van der Waals surface area contributed by atoms with Crippen LogP contribution in [0.4, 0.5) is 9.59 Å². The van der Waals surface area contributed by atoms with Crippen LogP contribution in [0.15, 0.2) is 60.7 Å². The van der Waals surface area contributed by atoms with Crippen molar-refractivity contribution in [2.45, 2.75) is 16.6 Å². The van der Waals surface area contributed by atoms with Crippen LogP contribution < -0.4 is 9.47 Å². The number of para-hydroxylation sites is 2. The summed E-state index contributed by atoms with van der Waals surface area (Å²) in [6.07, 6.45) is -5.07. The Bertz CT molecular complexity index is 1460. The van der Waals surface area contributed by atoms with Gasteiger partial charge in [0.1, 0.15) is 11.5 Å². The highest BCUT2D eigenvalue weighted by Crippen LogP contribution is 2.47. The fourth-order valence-electron chi connectivity index (χ4n) is 4.51. The molecule has 0 saturated carbocycles. The summed E-state index contributed by atoms with van der Waals surface area (Å²) in [5.41, 5.74) is -13.8. The van der Waals surface area contributed by atoms with Crippen LogP contribution >= 0.6 is 0 Å². The molecule has 18 nitrogen and oxygen atoms in total. The molecule has 42 heavy (non-hydrogen) atoms. The summed E-state index contributed by atoms with van der Waals surface area (Å²) >= 11 is 0. The second kappa shape index (κ2) is 10.8. The van der Waals surface area contributed by atoms with Crippen LogP contribution in [-0.4, -0.2) is 112 Å². The molecule has 1 aliphatic heterocycles. The van der Waals surface area contributed by atoms with E-state index in [1.165, 1.54) is 36.4 Å². The van der Waals surface area contributed by atoms with Crippen LogP contribution in [0.1, 0.15) is 0 Å². The van der Waals surface area contributed by atoms with Crippen molar-refractivity contribution in [3.05, 3.63) is 60.7 Å². The van der Waals surface area contributed by atoms with Crippen molar-refractivity contribution >= 4 is 48.0 Å². The Morgan fingerprint density at radius 3 is 1.33 bits per heavy atom. The van der Waals surface area contributed by atoms with Crippen LogP contribution in [0.5, 0.6) is 11.5 Å². The Labute approximate surface area is 232 Å². The monoisotopic (exact) mass is 590 g/mol. The summed E-state index contributed by atoms with van der Waals surface area (Å²) in [6.45, 7) is -2.16. The molecule has 1 saturated heterocycles. The first-order chi connectivity index (χ1) is 19.6. The fraction of sp³-hybridized carbons (Fsp3) is 0.167. The lowest BCUT2D eigenvalue weighted by atomic mass is 9.67. The molecule has 0 aliphatic carbocycles. The molecule has 6 N–H and O–H groups in total. The zero-order valence-electron chi connectivity index (χ0n) is 20.6. The van der Waals surface area contributed by atoms with E-state index >= 15 is 0 Å². The van der Waals surface area contributed by atoms with Gasteiger partial charge in [0.25, 0.3) is 16.6 Å². The highest BCUT2D eigenvalue weighted by atomic mass is 16.6. The van der Waals surface area contributed by atoms with E-state index in [2.05, 4.69) is 0 Å². The van der Waals surface area contributed by atoms with Gasteiger partial charge in [0.2, 0.25) is 0 Å². The Hall–Kier alpha value is -6.20. The number of carbonyl (C=O) groups is 8. The number of hydrogen-bond donors (Lipinski definition) is 6. The quantitative estimate of drug-likeness (QED) is 0.131. The van der Waals surface area contributed by atoms with Crippen molar-refractivity contribution < 1.29 is 78.5 Å². The average molecular weight is 590 g/mol. The summed E-state index contributed by atoms with van der Waals surface area (Å²) in [6, 6.07) is 11.9. The number of esters is 1. The molecule has 3 rings (SSSR count). The number of carbonyl (C=O) groups excluding carboxylic acids is 2. The summed E-state index contributed by atoms with van der Waals surface area (Å²) in [4.78, 5) is 101. The lowest BCUT2D eigenvalue weighted by Crippen LogP contribution is -2.94. The summed E-state index contributed by atoms with van der Waals surface area (Å²) in [5, 5.41) is 60.7. The number of piperazine rings is 1. The van der Waals surface area contributed by atoms with Crippen molar-refractivity contribution in [1.82, 2.24) is 9.80 Å². The first-order valence-corrected chi connectivity index (χ1v) is 11.2. The fourth-order valence-corrected chi connectivity index (χ4v) is 4.51. The van der Waals surface area contributed by atoms with E-state index in [1.807, 2.05) is 0 Å². The Morgan fingerprint density at radius 2 is 0.976 bits per heavy atom. The van der Waals surface area contributed by atoms with E-state index < -0.39 is 92.5 Å². The molecule has 0 bridgehead atoms. The van der Waals surface area contributed by atoms with Crippen LogP contribution in [0.2, 0.25) is 0 Å². The number of benzene rings is 2. The van der Waals surface area contributed by atoms with Crippen LogP contribution in [-0.2, 0) is 28.8 Å². The standard InChI is InChI=1S/C24H18N2O16/c27-14(28)22(15(29)30)11-25(21(40)42-13-9-5-2-6-10-13)24(18(35)36,19(37)41-12-7-3-1-4-8-12)23(16(31)32,17(33)34)26(22)20(38)39/h1-10H,11H2,(H,27,28)(H,29,30)(H,31,32)(H,33,34)(H,35,36)(H,38,39). The van der Waals surface area contributed by atoms with Crippen LogP contribution in [0.25, 0.3) is 0 Å². The van der Waals surface area contributed by atoms with E-state index in [-0.39, 0.29) is 0 Å². The molecule has 0 spiro atoms. The smallest absolute Gasteiger partial charge is 0.416 e. The van der Waals surface area contributed by atoms with Gasteiger partial charge in [-0.3, -0.25) is 9.80 Å². The van der Waals surface area contributed by atoms with Gasteiger partial charge in [-0.1, -0.05) is 36.4 Å². The Kier molecular flexibility index (Phi) is 7.77. The zero-order chi connectivity index (χ0) is 31.6. The number of aliphatic carboxylic acids is 5. The van der Waals surface area contributed by atoms with Gasteiger partial charge in [-0.15, -0.1) is 0 Å². The molecule has 1 unspecified atom stereocenters. The predicted molar refractivity (Wildman–Crippen MR) is 127 cm³/mol. The highest BCUT2D eigenvalue weighted by molar-refractivity contribution is 6.25. The number of carboxylic acids is 5. The number of hydrogen-bond acceptors (Lipinski definition) is 10. The zero-order valence-corrected chi connectivity index (χ0v) is 20.6. The lowest BCUT2D eigenvalue weighted by molar-refractivity contribution is -0.220.